The van der Waals surface area contributed by atoms with Crippen molar-refractivity contribution in [3.05, 3.63) is 24.2 Å². The summed E-state index contributed by atoms with van der Waals surface area (Å²) in [6.45, 7) is 7.38. The van der Waals surface area contributed by atoms with Gasteiger partial charge in [0.25, 0.3) is 0 Å². The number of pyridine rings is 1. The van der Waals surface area contributed by atoms with E-state index in [1.165, 1.54) is 0 Å². The first kappa shape index (κ1) is 20.7. The van der Waals surface area contributed by atoms with Crippen LogP contribution >= 0.6 is 0 Å². The molecule has 0 bridgehead atoms. The highest BCUT2D eigenvalue weighted by Crippen LogP contribution is 2.22. The van der Waals surface area contributed by atoms with Crippen molar-refractivity contribution < 1.29 is 13.5 Å². The molecule has 0 aromatic carbocycles. The van der Waals surface area contributed by atoms with Gasteiger partial charge in [0.05, 0.1) is 17.0 Å². The Hall–Kier alpha value is -2.00. The van der Waals surface area contributed by atoms with Crippen LogP contribution < -0.4 is 9.64 Å². The molecule has 0 saturated carbocycles. The van der Waals surface area contributed by atoms with Gasteiger partial charge in [0.15, 0.2) is 5.82 Å². The van der Waals surface area contributed by atoms with Crippen LogP contribution in [0, 0.1) is 0 Å². The first-order valence-corrected chi connectivity index (χ1v) is 11.2. The monoisotopic (exact) mass is 407 g/mol. The molecule has 2 aromatic rings. The van der Waals surface area contributed by atoms with Crippen LogP contribution in [0.3, 0.4) is 0 Å². The summed E-state index contributed by atoms with van der Waals surface area (Å²) in [4.78, 5) is 13.2. The number of ether oxygens (including phenoxy) is 1. The van der Waals surface area contributed by atoms with Crippen LogP contribution in [0.25, 0.3) is 0 Å². The highest BCUT2D eigenvalue weighted by atomic mass is 32.2. The molecule has 0 amide bonds. The molecule has 0 spiro atoms. The van der Waals surface area contributed by atoms with Gasteiger partial charge in [-0.25, -0.2) is 4.98 Å². The molecule has 3 rings (SSSR count). The Bertz CT molecular complexity index is 772. The molecule has 2 aromatic heterocycles. The van der Waals surface area contributed by atoms with Gasteiger partial charge in [-0.15, -0.1) is 0 Å². The van der Waals surface area contributed by atoms with Crippen molar-refractivity contribution in [1.82, 2.24) is 20.0 Å². The predicted molar refractivity (Wildman–Crippen MR) is 108 cm³/mol. The van der Waals surface area contributed by atoms with E-state index in [1.807, 2.05) is 6.07 Å². The first-order chi connectivity index (χ1) is 13.4. The van der Waals surface area contributed by atoms with Gasteiger partial charge in [-0.05, 0) is 32.0 Å². The normalized spacial score (nSPS) is 16.7. The van der Waals surface area contributed by atoms with Crippen molar-refractivity contribution in [2.45, 2.75) is 43.7 Å². The fourth-order valence-corrected chi connectivity index (χ4v) is 3.66. The number of hydrogen-bond donors (Lipinski definition) is 0. The van der Waals surface area contributed by atoms with Gasteiger partial charge in [-0.3, -0.25) is 9.11 Å². The molecule has 9 heteroatoms. The molecular formula is C19H29N5O3S. The van der Waals surface area contributed by atoms with Crippen molar-refractivity contribution in [3.8, 4) is 5.75 Å². The van der Waals surface area contributed by atoms with Gasteiger partial charge < -0.3 is 14.2 Å². The van der Waals surface area contributed by atoms with Gasteiger partial charge in [-0.2, -0.15) is 4.98 Å². The smallest absolute Gasteiger partial charge is 0.324 e. The molecule has 0 N–H and O–H groups in total. The molecule has 8 nitrogen and oxygen atoms in total. The summed E-state index contributed by atoms with van der Waals surface area (Å²) in [5.74, 6) is 1.74. The van der Waals surface area contributed by atoms with Crippen molar-refractivity contribution in [2.24, 2.45) is 0 Å². The van der Waals surface area contributed by atoms with E-state index in [0.29, 0.717) is 29.4 Å². The van der Waals surface area contributed by atoms with E-state index in [4.69, 9.17) is 9.26 Å². The summed E-state index contributed by atoms with van der Waals surface area (Å²) in [6, 6.07) is 4.71. The topological polar surface area (TPSA) is 84.6 Å². The van der Waals surface area contributed by atoms with Gasteiger partial charge >= 0.3 is 6.01 Å². The van der Waals surface area contributed by atoms with Crippen LogP contribution in [0.2, 0.25) is 0 Å². The lowest BCUT2D eigenvalue weighted by Crippen LogP contribution is -2.44. The Labute approximate surface area is 168 Å². The molecule has 0 radical (unpaired) electrons. The van der Waals surface area contributed by atoms with Crippen molar-refractivity contribution in [1.29, 1.82) is 0 Å². The molecule has 1 aliphatic heterocycles. The zero-order valence-electron chi connectivity index (χ0n) is 17.0. The number of aromatic nitrogens is 3. The maximum atomic E-state index is 11.4. The van der Waals surface area contributed by atoms with Crippen molar-refractivity contribution in [3.63, 3.8) is 0 Å². The van der Waals surface area contributed by atoms with E-state index in [1.54, 1.807) is 18.5 Å². The average Bonchev–Trinajstić information content (AvgIpc) is 3.19. The molecule has 3 heterocycles. The van der Waals surface area contributed by atoms with E-state index in [2.05, 4.69) is 45.8 Å². The third-order valence-corrected chi connectivity index (χ3v) is 5.85. The molecule has 1 aliphatic rings. The molecule has 0 aliphatic carbocycles. The third-order valence-electron chi connectivity index (χ3n) is 5.02. The fraction of sp³-hybridized carbons (Fsp3) is 0.632. The van der Waals surface area contributed by atoms with Crippen molar-refractivity contribution in [2.75, 3.05) is 44.4 Å². The predicted octanol–water partition coefficient (Wildman–Crippen LogP) is 2.31. The van der Waals surface area contributed by atoms with Gasteiger partial charge in [0.2, 0.25) is 0 Å². The Morgan fingerprint density at radius 3 is 2.68 bits per heavy atom. The van der Waals surface area contributed by atoms with Crippen LogP contribution in [0.5, 0.6) is 5.75 Å². The Kier molecular flexibility index (Phi) is 7.01. The average molecular weight is 408 g/mol. The summed E-state index contributed by atoms with van der Waals surface area (Å²) in [5.41, 5.74) is 0. The summed E-state index contributed by atoms with van der Waals surface area (Å²) < 4.78 is 22.5. The third kappa shape index (κ3) is 5.29. The quantitative estimate of drug-likeness (QED) is 0.659. The number of rotatable bonds is 8. The van der Waals surface area contributed by atoms with Crippen LogP contribution in [-0.4, -0.2) is 69.8 Å². The minimum atomic E-state index is -1.07. The van der Waals surface area contributed by atoms with Crippen LogP contribution in [0.1, 0.15) is 38.4 Å². The van der Waals surface area contributed by atoms with Gasteiger partial charge in [-0.1, -0.05) is 19.0 Å². The fourth-order valence-electron chi connectivity index (χ4n) is 3.20. The van der Waals surface area contributed by atoms with E-state index >= 15 is 0 Å². The number of hydrogen-bond acceptors (Lipinski definition) is 8. The highest BCUT2D eigenvalue weighted by molar-refractivity contribution is 7.84. The van der Waals surface area contributed by atoms with Crippen molar-refractivity contribution >= 4 is 16.8 Å². The molecule has 1 atom stereocenters. The van der Waals surface area contributed by atoms with Crippen LogP contribution in [-0.2, 0) is 10.8 Å². The van der Waals surface area contributed by atoms with E-state index in [0.717, 1.165) is 38.3 Å². The summed E-state index contributed by atoms with van der Waals surface area (Å²) in [6.07, 6.45) is 5.35. The zero-order chi connectivity index (χ0) is 20.1. The SMILES string of the molecule is CC(C)c1noc(N2CCC(N(C)CCOc3ccc(S(C)=O)nc3)CC2)n1. The maximum absolute atomic E-state index is 11.4. The Morgan fingerprint density at radius 1 is 1.36 bits per heavy atom. The van der Waals surface area contributed by atoms with Gasteiger partial charge in [0, 0.05) is 37.8 Å². The minimum Gasteiger partial charge on any atom is -0.491 e. The molecule has 154 valence electrons. The number of likely N-dealkylation sites (N-methyl/N-ethyl adjacent to an activating group) is 1. The number of anilines is 1. The lowest BCUT2D eigenvalue weighted by Gasteiger charge is -2.35. The lowest BCUT2D eigenvalue weighted by atomic mass is 10.0. The second-order valence-electron chi connectivity index (χ2n) is 7.42. The second-order valence-corrected chi connectivity index (χ2v) is 8.75. The highest BCUT2D eigenvalue weighted by Gasteiger charge is 2.25. The molecule has 28 heavy (non-hydrogen) atoms. The summed E-state index contributed by atoms with van der Waals surface area (Å²) in [7, 11) is 1.07. The van der Waals surface area contributed by atoms with E-state index in [9.17, 15) is 4.21 Å². The summed E-state index contributed by atoms with van der Waals surface area (Å²) in [5, 5.41) is 4.62. The minimum absolute atomic E-state index is 0.275. The van der Waals surface area contributed by atoms with Gasteiger partial charge in [0.1, 0.15) is 17.4 Å². The number of piperidine rings is 1. The molecule has 1 saturated heterocycles. The molecule has 1 unspecified atom stereocenters. The largest absolute Gasteiger partial charge is 0.491 e. The van der Waals surface area contributed by atoms with Crippen LogP contribution in [0.15, 0.2) is 27.9 Å². The lowest BCUT2D eigenvalue weighted by molar-refractivity contribution is 0.169. The molecule has 1 fully saturated rings. The first-order valence-electron chi connectivity index (χ1n) is 9.65. The van der Waals surface area contributed by atoms with E-state index in [-0.39, 0.29) is 5.92 Å². The second kappa shape index (κ2) is 9.47. The van der Waals surface area contributed by atoms with Crippen LogP contribution in [0.4, 0.5) is 6.01 Å². The Morgan fingerprint density at radius 2 is 2.11 bits per heavy atom. The standard InChI is InChI=1S/C19H29N5O3S/c1-14(2)18-21-19(27-22-18)24-9-7-15(8-10-24)23(3)11-12-26-16-5-6-17(20-13-16)28(4)25/h5-6,13-15H,7-12H2,1-4H3. The Balaban J connectivity index is 1.41. The number of nitrogens with zero attached hydrogens (tertiary/aromatic N) is 5. The molecular weight excluding hydrogens is 378 g/mol. The van der Waals surface area contributed by atoms with E-state index < -0.39 is 10.8 Å². The summed E-state index contributed by atoms with van der Waals surface area (Å²) >= 11 is 0. The maximum Gasteiger partial charge on any atom is 0.324 e. The zero-order valence-corrected chi connectivity index (χ0v) is 17.8.